The largest absolute Gasteiger partial charge is 0.497 e. The van der Waals surface area contributed by atoms with E-state index in [4.69, 9.17) is 4.74 Å². The lowest BCUT2D eigenvalue weighted by molar-refractivity contribution is 0.102. The number of ether oxygens (including phenoxy) is 1. The number of hydrogen-bond donors (Lipinski definition) is 2. The number of halogens is 1. The topological polar surface area (TPSA) is 84.5 Å². The quantitative estimate of drug-likeness (QED) is 0.536. The van der Waals surface area contributed by atoms with Crippen LogP contribution in [0.2, 0.25) is 0 Å². The maximum absolute atomic E-state index is 12.7. The number of sulfonamides is 1. The molecule has 0 saturated carbocycles. The Labute approximate surface area is 178 Å². The highest BCUT2D eigenvalue weighted by Crippen LogP contribution is 2.22. The molecular weight excluding hydrogens is 456 g/mol. The zero-order valence-electron chi connectivity index (χ0n) is 15.8. The monoisotopic (exact) mass is 474 g/mol. The summed E-state index contributed by atoms with van der Waals surface area (Å²) in [7, 11) is -2.32. The van der Waals surface area contributed by atoms with E-state index in [-0.39, 0.29) is 10.5 Å². The van der Waals surface area contributed by atoms with Crippen molar-refractivity contribution in [2.45, 2.75) is 11.8 Å². The van der Waals surface area contributed by atoms with Crippen LogP contribution >= 0.6 is 15.9 Å². The van der Waals surface area contributed by atoms with E-state index in [1.54, 1.807) is 36.4 Å². The number of benzene rings is 3. The molecule has 6 nitrogen and oxygen atoms in total. The molecule has 0 spiro atoms. The van der Waals surface area contributed by atoms with Gasteiger partial charge < -0.3 is 10.1 Å². The zero-order valence-corrected chi connectivity index (χ0v) is 18.2. The maximum atomic E-state index is 12.7. The predicted molar refractivity (Wildman–Crippen MR) is 117 cm³/mol. The number of carbonyl (C=O) groups is 1. The molecule has 1 amide bonds. The molecule has 0 fully saturated rings. The number of anilines is 2. The van der Waals surface area contributed by atoms with E-state index in [9.17, 15) is 13.2 Å². The van der Waals surface area contributed by atoms with E-state index in [0.717, 1.165) is 10.0 Å². The fourth-order valence-electron chi connectivity index (χ4n) is 2.64. The van der Waals surface area contributed by atoms with Gasteiger partial charge in [0.2, 0.25) is 0 Å². The van der Waals surface area contributed by atoms with E-state index in [1.807, 2.05) is 19.1 Å². The lowest BCUT2D eigenvalue weighted by Crippen LogP contribution is -2.16. The summed E-state index contributed by atoms with van der Waals surface area (Å²) >= 11 is 3.38. The Hall–Kier alpha value is -2.84. The summed E-state index contributed by atoms with van der Waals surface area (Å²) in [6.07, 6.45) is 0. The molecule has 2 N–H and O–H groups in total. The molecule has 0 unspecified atom stereocenters. The second-order valence-electron chi connectivity index (χ2n) is 6.28. The van der Waals surface area contributed by atoms with Gasteiger partial charge in [-0.15, -0.1) is 0 Å². The minimum atomic E-state index is -3.85. The van der Waals surface area contributed by atoms with Gasteiger partial charge in [0.05, 0.1) is 12.0 Å². The van der Waals surface area contributed by atoms with Crippen LogP contribution in [0.4, 0.5) is 11.4 Å². The normalized spacial score (nSPS) is 11.0. The van der Waals surface area contributed by atoms with Crippen molar-refractivity contribution in [3.8, 4) is 5.75 Å². The third-order valence-corrected chi connectivity index (χ3v) is 6.06. The van der Waals surface area contributed by atoms with Crippen LogP contribution in [-0.2, 0) is 10.0 Å². The predicted octanol–water partition coefficient (Wildman–Crippen LogP) is 4.82. The number of carbonyl (C=O) groups excluding carboxylic acids is 1. The molecule has 0 heterocycles. The van der Waals surface area contributed by atoms with Gasteiger partial charge in [0.15, 0.2) is 0 Å². The lowest BCUT2D eigenvalue weighted by atomic mass is 10.1. The Bertz CT molecular complexity index is 1150. The maximum Gasteiger partial charge on any atom is 0.261 e. The van der Waals surface area contributed by atoms with Crippen molar-refractivity contribution in [1.29, 1.82) is 0 Å². The van der Waals surface area contributed by atoms with Crippen molar-refractivity contribution in [2.24, 2.45) is 0 Å². The third-order valence-electron chi connectivity index (χ3n) is 4.19. The van der Waals surface area contributed by atoms with Gasteiger partial charge in [0.25, 0.3) is 15.9 Å². The van der Waals surface area contributed by atoms with E-state index in [2.05, 4.69) is 26.0 Å². The van der Waals surface area contributed by atoms with E-state index in [0.29, 0.717) is 17.1 Å². The fourth-order valence-corrected chi connectivity index (χ4v) is 4.22. The van der Waals surface area contributed by atoms with Crippen molar-refractivity contribution in [2.75, 3.05) is 17.1 Å². The SMILES string of the molecule is COc1ccc(NS(=O)(=O)c2cccc(C(=O)Nc3ccc(Br)cc3C)c2)cc1. The molecule has 29 heavy (non-hydrogen) atoms. The molecule has 0 aliphatic heterocycles. The van der Waals surface area contributed by atoms with Crippen molar-refractivity contribution < 1.29 is 17.9 Å². The second kappa shape index (κ2) is 8.67. The molecule has 3 rings (SSSR count). The first-order valence-corrected chi connectivity index (χ1v) is 10.9. The number of nitrogens with one attached hydrogen (secondary N) is 2. The van der Waals surface area contributed by atoms with Gasteiger partial charge in [-0.25, -0.2) is 8.42 Å². The Kier molecular flexibility index (Phi) is 6.24. The number of hydrogen-bond acceptors (Lipinski definition) is 4. The van der Waals surface area contributed by atoms with Crippen LogP contribution in [0.15, 0.2) is 76.1 Å². The molecule has 8 heteroatoms. The first-order valence-electron chi connectivity index (χ1n) is 8.63. The van der Waals surface area contributed by atoms with Crippen LogP contribution in [0.25, 0.3) is 0 Å². The molecular formula is C21H19BrN2O4S. The van der Waals surface area contributed by atoms with E-state index < -0.39 is 15.9 Å². The minimum Gasteiger partial charge on any atom is -0.497 e. The molecule has 0 bridgehead atoms. The molecule has 0 atom stereocenters. The Morgan fingerprint density at radius 1 is 1.00 bits per heavy atom. The van der Waals surface area contributed by atoms with E-state index >= 15 is 0 Å². The summed E-state index contributed by atoms with van der Waals surface area (Å²) in [5.74, 6) is 0.228. The molecule has 3 aromatic rings. The first kappa shape index (κ1) is 20.9. The third kappa shape index (κ3) is 5.16. The Morgan fingerprint density at radius 3 is 2.38 bits per heavy atom. The van der Waals surface area contributed by atoms with Crippen LogP contribution in [0.3, 0.4) is 0 Å². The van der Waals surface area contributed by atoms with E-state index in [1.165, 1.54) is 25.3 Å². The molecule has 150 valence electrons. The Morgan fingerprint density at radius 2 is 1.72 bits per heavy atom. The van der Waals surface area contributed by atoms with Crippen molar-refractivity contribution in [3.05, 3.63) is 82.3 Å². The van der Waals surface area contributed by atoms with Gasteiger partial charge in [-0.3, -0.25) is 9.52 Å². The number of aryl methyl sites for hydroxylation is 1. The highest BCUT2D eigenvalue weighted by atomic mass is 79.9. The average Bonchev–Trinajstić information content (AvgIpc) is 2.70. The average molecular weight is 475 g/mol. The molecule has 3 aromatic carbocycles. The molecule has 0 saturated heterocycles. The molecule has 0 radical (unpaired) electrons. The standard InChI is InChI=1S/C21H19BrN2O4S/c1-14-12-16(22)6-11-20(14)23-21(25)15-4-3-5-19(13-15)29(26,27)24-17-7-9-18(28-2)10-8-17/h3-13,24H,1-2H3,(H,23,25). The summed E-state index contributed by atoms with van der Waals surface area (Å²) in [4.78, 5) is 12.6. The summed E-state index contributed by atoms with van der Waals surface area (Å²) in [5, 5.41) is 2.81. The van der Waals surface area contributed by atoms with Gasteiger partial charge in [-0.2, -0.15) is 0 Å². The van der Waals surface area contributed by atoms with Crippen LogP contribution in [0.5, 0.6) is 5.75 Å². The minimum absolute atomic E-state index is 0.00602. The smallest absolute Gasteiger partial charge is 0.261 e. The van der Waals surface area contributed by atoms with Crippen molar-refractivity contribution >= 4 is 43.2 Å². The van der Waals surface area contributed by atoms with Gasteiger partial charge in [-0.05, 0) is 73.2 Å². The molecule has 0 aliphatic rings. The van der Waals surface area contributed by atoms with Crippen molar-refractivity contribution in [1.82, 2.24) is 0 Å². The Balaban J connectivity index is 1.80. The van der Waals surface area contributed by atoms with Gasteiger partial charge >= 0.3 is 0 Å². The molecule has 0 aromatic heterocycles. The number of rotatable bonds is 6. The first-order chi connectivity index (χ1) is 13.8. The fraction of sp³-hybridized carbons (Fsp3) is 0.0952. The summed E-state index contributed by atoms with van der Waals surface area (Å²) in [6.45, 7) is 1.88. The van der Waals surface area contributed by atoms with Crippen LogP contribution in [0.1, 0.15) is 15.9 Å². The van der Waals surface area contributed by atoms with Gasteiger partial charge in [0, 0.05) is 21.4 Å². The number of methoxy groups -OCH3 is 1. The van der Waals surface area contributed by atoms with Crippen LogP contribution < -0.4 is 14.8 Å². The molecule has 0 aliphatic carbocycles. The zero-order chi connectivity index (χ0) is 21.0. The second-order valence-corrected chi connectivity index (χ2v) is 8.87. The van der Waals surface area contributed by atoms with Crippen LogP contribution in [0, 0.1) is 6.92 Å². The van der Waals surface area contributed by atoms with Gasteiger partial charge in [-0.1, -0.05) is 22.0 Å². The highest BCUT2D eigenvalue weighted by molar-refractivity contribution is 9.10. The highest BCUT2D eigenvalue weighted by Gasteiger charge is 2.17. The lowest BCUT2D eigenvalue weighted by Gasteiger charge is -2.11. The summed E-state index contributed by atoms with van der Waals surface area (Å²) < 4.78 is 33.9. The van der Waals surface area contributed by atoms with Gasteiger partial charge in [0.1, 0.15) is 5.75 Å². The van der Waals surface area contributed by atoms with Crippen molar-refractivity contribution in [3.63, 3.8) is 0 Å². The summed E-state index contributed by atoms with van der Waals surface area (Å²) in [5.41, 5.74) is 2.18. The van der Waals surface area contributed by atoms with Crippen LogP contribution in [-0.4, -0.2) is 21.4 Å². The summed E-state index contributed by atoms with van der Waals surface area (Å²) in [6, 6.07) is 17.9. The number of amides is 1.